The number of aliphatic hydroxyl groups excluding tert-OH is 1. The number of methoxy groups -OCH3 is 1. The maximum atomic E-state index is 9.75. The molecule has 0 aliphatic rings. The summed E-state index contributed by atoms with van der Waals surface area (Å²) in [4.78, 5) is 9.75. The van der Waals surface area contributed by atoms with Crippen LogP contribution in [0.1, 0.15) is 6.92 Å². The molecule has 0 unspecified atom stereocenters. The van der Waals surface area contributed by atoms with Crippen LogP contribution in [0.4, 0.5) is 0 Å². The van der Waals surface area contributed by atoms with Crippen LogP contribution >= 0.6 is 0 Å². The summed E-state index contributed by atoms with van der Waals surface area (Å²) in [6.45, 7) is 1.68. The van der Waals surface area contributed by atoms with Gasteiger partial charge in [-0.05, 0) is 6.92 Å². The minimum absolute atomic E-state index is 0.600. The van der Waals surface area contributed by atoms with Crippen molar-refractivity contribution in [3.63, 3.8) is 0 Å². The van der Waals surface area contributed by atoms with Crippen LogP contribution in [-0.4, -0.2) is 25.6 Å². The molecule has 0 radical (unpaired) electrons. The van der Waals surface area contributed by atoms with E-state index >= 15 is 0 Å². The van der Waals surface area contributed by atoms with Gasteiger partial charge in [-0.3, -0.25) is 4.79 Å². The largest absolute Gasteiger partial charge is 0.504 e. The zero-order valence-corrected chi connectivity index (χ0v) is 5.92. The Labute approximate surface area is 54.9 Å². The average molecular weight is 132 g/mol. The molecule has 1 N–H and O–H groups in total. The second-order valence-electron chi connectivity index (χ2n) is 1.22. The van der Waals surface area contributed by atoms with E-state index in [2.05, 4.69) is 4.74 Å². The fourth-order valence-electron chi connectivity index (χ4n) is 0.214. The normalized spacial score (nSPS) is 9.11. The number of hydrogen-bond acceptors (Lipinski definition) is 3. The number of carbonyl (C=O) groups excluding carboxylic acids is 1. The Morgan fingerprint density at radius 2 is 2.00 bits per heavy atom. The molecule has 54 valence electrons. The summed E-state index contributed by atoms with van der Waals surface area (Å²) in [5.41, 5.74) is 0.600. The molecule has 0 saturated carbocycles. The molecule has 0 heterocycles. The molecule has 0 aromatic carbocycles. The monoisotopic (exact) mass is 132 g/mol. The predicted octanol–water partition coefficient (Wildman–Crippen LogP) is 0.344. The second-order valence-corrected chi connectivity index (χ2v) is 1.22. The summed E-state index contributed by atoms with van der Waals surface area (Å²) in [5, 5.41) is 7.00. The lowest BCUT2D eigenvalue weighted by Crippen LogP contribution is -1.75. The molecule has 3 nitrogen and oxygen atoms in total. The van der Waals surface area contributed by atoms with Crippen LogP contribution in [0.15, 0.2) is 11.8 Å². The van der Waals surface area contributed by atoms with Gasteiger partial charge in [0.15, 0.2) is 0 Å². The molecule has 0 aromatic heterocycles. The van der Waals surface area contributed by atoms with Crippen molar-refractivity contribution >= 4 is 6.29 Å². The lowest BCUT2D eigenvalue weighted by Gasteiger charge is -1.84. The van der Waals surface area contributed by atoms with Gasteiger partial charge in [0.25, 0.3) is 0 Å². The Hall–Kier alpha value is -0.830. The van der Waals surface area contributed by atoms with Gasteiger partial charge in [0.2, 0.25) is 0 Å². The zero-order valence-electron chi connectivity index (χ0n) is 5.92. The van der Waals surface area contributed by atoms with Crippen LogP contribution in [0, 0.1) is 0 Å². The van der Waals surface area contributed by atoms with E-state index in [1.807, 2.05) is 0 Å². The first-order chi connectivity index (χ1) is 4.31. The third kappa shape index (κ3) is 11.0. The number of aldehydes is 1. The first-order valence-corrected chi connectivity index (χ1v) is 2.40. The van der Waals surface area contributed by atoms with E-state index in [1.165, 1.54) is 13.4 Å². The molecule has 0 amide bonds. The predicted molar refractivity (Wildman–Crippen MR) is 35.0 cm³/mol. The van der Waals surface area contributed by atoms with Crippen LogP contribution in [0.25, 0.3) is 0 Å². The van der Waals surface area contributed by atoms with E-state index in [1.54, 1.807) is 6.92 Å². The van der Waals surface area contributed by atoms with Crippen molar-refractivity contribution < 1.29 is 14.6 Å². The van der Waals surface area contributed by atoms with Crippen LogP contribution in [0.3, 0.4) is 0 Å². The van der Waals surface area contributed by atoms with E-state index in [0.29, 0.717) is 5.57 Å². The highest BCUT2D eigenvalue weighted by molar-refractivity contribution is 5.71. The minimum Gasteiger partial charge on any atom is -0.504 e. The zero-order chi connectivity index (χ0) is 7.70. The van der Waals surface area contributed by atoms with E-state index in [0.717, 1.165) is 13.4 Å². The van der Waals surface area contributed by atoms with Crippen LogP contribution in [-0.2, 0) is 9.53 Å². The number of rotatable bonds is 2. The Kier molecular flexibility index (Phi) is 12.5. The highest BCUT2D eigenvalue weighted by Gasteiger charge is 1.77. The quantitative estimate of drug-likeness (QED) is 0.335. The van der Waals surface area contributed by atoms with Crippen molar-refractivity contribution in [3.05, 3.63) is 11.8 Å². The molecular formula is C6H12O3. The highest BCUT2D eigenvalue weighted by atomic mass is 16.5. The Morgan fingerprint density at radius 3 is 2.11 bits per heavy atom. The molecule has 0 bridgehead atoms. The van der Waals surface area contributed by atoms with Crippen molar-refractivity contribution in [1.29, 1.82) is 0 Å². The number of hydrogen-bond donors (Lipinski definition) is 1. The Bertz CT molecular complexity index is 86.3. The van der Waals surface area contributed by atoms with Crippen molar-refractivity contribution in [1.82, 2.24) is 0 Å². The third-order valence-corrected chi connectivity index (χ3v) is 0.490. The number of aliphatic hydroxyl groups is 1. The lowest BCUT2D eigenvalue weighted by atomic mass is 10.4. The van der Waals surface area contributed by atoms with Crippen LogP contribution in [0.2, 0.25) is 0 Å². The summed E-state index contributed by atoms with van der Waals surface area (Å²) in [6, 6.07) is 0. The molecule has 0 aromatic rings. The maximum absolute atomic E-state index is 9.75. The molecule has 3 heteroatoms. The molecular weight excluding hydrogens is 120 g/mol. The highest BCUT2D eigenvalue weighted by Crippen LogP contribution is 1.82. The number of ether oxygens (including phenoxy) is 1. The van der Waals surface area contributed by atoms with Gasteiger partial charge in [0.1, 0.15) is 6.29 Å². The SMILES string of the molecule is CO.COC=C(C)C=O. The van der Waals surface area contributed by atoms with Crippen molar-refractivity contribution in [2.24, 2.45) is 0 Å². The van der Waals surface area contributed by atoms with Gasteiger partial charge in [-0.2, -0.15) is 0 Å². The van der Waals surface area contributed by atoms with Crippen molar-refractivity contribution in [2.75, 3.05) is 14.2 Å². The Balaban J connectivity index is 0. The van der Waals surface area contributed by atoms with Crippen molar-refractivity contribution in [2.45, 2.75) is 6.92 Å². The molecule has 0 saturated heterocycles. The summed E-state index contributed by atoms with van der Waals surface area (Å²) in [5.74, 6) is 0. The van der Waals surface area contributed by atoms with Gasteiger partial charge in [0, 0.05) is 12.7 Å². The van der Waals surface area contributed by atoms with Gasteiger partial charge < -0.3 is 9.84 Å². The van der Waals surface area contributed by atoms with E-state index in [-0.39, 0.29) is 0 Å². The third-order valence-electron chi connectivity index (χ3n) is 0.490. The topological polar surface area (TPSA) is 46.5 Å². The molecule has 0 aliphatic heterocycles. The fraction of sp³-hybridized carbons (Fsp3) is 0.500. The fourth-order valence-corrected chi connectivity index (χ4v) is 0.214. The lowest BCUT2D eigenvalue weighted by molar-refractivity contribution is -0.105. The van der Waals surface area contributed by atoms with Gasteiger partial charge in [-0.1, -0.05) is 0 Å². The molecule has 9 heavy (non-hydrogen) atoms. The molecule has 0 rings (SSSR count). The van der Waals surface area contributed by atoms with Crippen molar-refractivity contribution in [3.8, 4) is 0 Å². The maximum Gasteiger partial charge on any atom is 0.148 e. The minimum atomic E-state index is 0.600. The summed E-state index contributed by atoms with van der Waals surface area (Å²) in [6.07, 6.45) is 2.14. The standard InChI is InChI=1S/C5H8O2.CH4O/c1-5(3-6)4-7-2;1-2/h3-4H,1-2H3;2H,1H3. The second kappa shape index (κ2) is 10.2. The van der Waals surface area contributed by atoms with E-state index in [9.17, 15) is 4.79 Å². The molecule has 0 aliphatic carbocycles. The van der Waals surface area contributed by atoms with Gasteiger partial charge in [-0.15, -0.1) is 0 Å². The van der Waals surface area contributed by atoms with E-state index < -0.39 is 0 Å². The van der Waals surface area contributed by atoms with Gasteiger partial charge in [0.05, 0.1) is 13.4 Å². The number of allylic oxidation sites excluding steroid dienone is 1. The number of carbonyl (C=O) groups is 1. The molecule has 0 spiro atoms. The first-order valence-electron chi connectivity index (χ1n) is 2.40. The molecule has 0 fully saturated rings. The summed E-state index contributed by atoms with van der Waals surface area (Å²) in [7, 11) is 2.51. The van der Waals surface area contributed by atoms with Crippen LogP contribution < -0.4 is 0 Å². The van der Waals surface area contributed by atoms with E-state index in [4.69, 9.17) is 5.11 Å². The summed E-state index contributed by atoms with van der Waals surface area (Å²) < 4.78 is 4.50. The molecule has 0 atom stereocenters. The van der Waals surface area contributed by atoms with Gasteiger partial charge in [-0.25, -0.2) is 0 Å². The first kappa shape index (κ1) is 11.0. The van der Waals surface area contributed by atoms with Crippen LogP contribution in [0.5, 0.6) is 0 Å². The Morgan fingerprint density at radius 1 is 1.56 bits per heavy atom. The summed E-state index contributed by atoms with van der Waals surface area (Å²) >= 11 is 0. The van der Waals surface area contributed by atoms with Gasteiger partial charge >= 0.3 is 0 Å². The average Bonchev–Trinajstić information content (AvgIpc) is 1.93. The smallest absolute Gasteiger partial charge is 0.148 e.